The Hall–Kier alpha value is -1.87. The van der Waals surface area contributed by atoms with E-state index < -0.39 is 0 Å². The number of aromatic nitrogens is 1. The fourth-order valence-corrected chi connectivity index (χ4v) is 2.18. The van der Waals surface area contributed by atoms with E-state index in [4.69, 9.17) is 0 Å². The molecule has 3 nitrogen and oxygen atoms in total. The quantitative estimate of drug-likeness (QED) is 0.894. The van der Waals surface area contributed by atoms with Gasteiger partial charge in [-0.2, -0.15) is 0 Å². The third-order valence-corrected chi connectivity index (χ3v) is 3.53. The van der Waals surface area contributed by atoms with E-state index in [0.29, 0.717) is 6.04 Å². The summed E-state index contributed by atoms with van der Waals surface area (Å²) >= 11 is 0. The first-order valence-corrected chi connectivity index (χ1v) is 7.11. The maximum absolute atomic E-state index is 4.56. The zero-order chi connectivity index (χ0) is 14.5. The number of hydrogen-bond donors (Lipinski definition) is 1. The predicted molar refractivity (Wildman–Crippen MR) is 85.6 cm³/mol. The van der Waals surface area contributed by atoms with E-state index in [1.54, 1.807) is 0 Å². The Bertz CT molecular complexity index is 531. The van der Waals surface area contributed by atoms with Gasteiger partial charge in [-0.25, -0.2) is 0 Å². The molecule has 1 N–H and O–H groups in total. The van der Waals surface area contributed by atoms with Crippen LogP contribution in [0.5, 0.6) is 0 Å². The number of hydrogen-bond acceptors (Lipinski definition) is 3. The van der Waals surface area contributed by atoms with Crippen molar-refractivity contribution in [2.45, 2.75) is 26.8 Å². The number of anilines is 2. The topological polar surface area (TPSA) is 28.2 Å². The Balaban J connectivity index is 2.15. The summed E-state index contributed by atoms with van der Waals surface area (Å²) in [5.74, 6) is 0. The standard InChI is InChI=1S/C17H23N3/c1-5-18-14(3)17-11-10-16(12-19-17)20(4)15-8-6-13(2)7-9-15/h6-12,14,18H,5H2,1-4H3. The fraction of sp³-hybridized carbons (Fsp3) is 0.353. The molecule has 0 bridgehead atoms. The molecule has 1 unspecified atom stereocenters. The van der Waals surface area contributed by atoms with Gasteiger partial charge in [0, 0.05) is 18.8 Å². The van der Waals surface area contributed by atoms with Crippen LogP contribution in [0.15, 0.2) is 42.6 Å². The van der Waals surface area contributed by atoms with E-state index in [9.17, 15) is 0 Å². The van der Waals surface area contributed by atoms with Gasteiger partial charge in [-0.1, -0.05) is 24.6 Å². The Morgan fingerprint density at radius 3 is 2.30 bits per heavy atom. The molecule has 0 spiro atoms. The van der Waals surface area contributed by atoms with Crippen LogP contribution in [0.1, 0.15) is 31.1 Å². The zero-order valence-electron chi connectivity index (χ0n) is 12.7. The molecule has 0 fully saturated rings. The minimum Gasteiger partial charge on any atom is -0.343 e. The Morgan fingerprint density at radius 2 is 1.75 bits per heavy atom. The second kappa shape index (κ2) is 6.53. The molecule has 0 saturated heterocycles. The second-order valence-corrected chi connectivity index (χ2v) is 5.12. The molecule has 2 rings (SSSR count). The first-order valence-electron chi connectivity index (χ1n) is 7.11. The molecule has 1 aromatic heterocycles. The molecule has 2 aromatic rings. The van der Waals surface area contributed by atoms with Gasteiger partial charge in [0.15, 0.2) is 0 Å². The van der Waals surface area contributed by atoms with Gasteiger partial charge in [-0.05, 0) is 44.7 Å². The third kappa shape index (κ3) is 3.36. The minimum absolute atomic E-state index is 0.290. The molecule has 1 atom stereocenters. The lowest BCUT2D eigenvalue weighted by Crippen LogP contribution is -2.19. The fourth-order valence-electron chi connectivity index (χ4n) is 2.18. The highest BCUT2D eigenvalue weighted by molar-refractivity contribution is 5.61. The van der Waals surface area contributed by atoms with Gasteiger partial charge in [0.05, 0.1) is 17.6 Å². The second-order valence-electron chi connectivity index (χ2n) is 5.12. The number of aryl methyl sites for hydroxylation is 1. The van der Waals surface area contributed by atoms with Crippen molar-refractivity contribution < 1.29 is 0 Å². The van der Waals surface area contributed by atoms with Gasteiger partial charge in [0.2, 0.25) is 0 Å². The highest BCUT2D eigenvalue weighted by atomic mass is 15.1. The normalized spacial score (nSPS) is 12.2. The first-order chi connectivity index (χ1) is 9.61. The van der Waals surface area contributed by atoms with Crippen molar-refractivity contribution in [2.24, 2.45) is 0 Å². The summed E-state index contributed by atoms with van der Waals surface area (Å²) < 4.78 is 0. The van der Waals surface area contributed by atoms with Crippen molar-refractivity contribution in [2.75, 3.05) is 18.5 Å². The number of benzene rings is 1. The summed E-state index contributed by atoms with van der Waals surface area (Å²) in [6.45, 7) is 7.29. The average molecular weight is 269 g/mol. The van der Waals surface area contributed by atoms with Crippen LogP contribution in [0.3, 0.4) is 0 Å². The lowest BCUT2D eigenvalue weighted by atomic mass is 10.2. The highest BCUT2D eigenvalue weighted by Crippen LogP contribution is 2.23. The molecule has 0 aliphatic carbocycles. The molecule has 0 aliphatic heterocycles. The van der Waals surface area contributed by atoms with Crippen LogP contribution >= 0.6 is 0 Å². The Labute approximate surface area is 121 Å². The molecule has 1 heterocycles. The first kappa shape index (κ1) is 14.5. The van der Waals surface area contributed by atoms with Crippen LogP contribution in [0.4, 0.5) is 11.4 Å². The number of nitrogens with zero attached hydrogens (tertiary/aromatic N) is 2. The molecule has 0 radical (unpaired) electrons. The van der Waals surface area contributed by atoms with Crippen molar-refractivity contribution >= 4 is 11.4 Å². The van der Waals surface area contributed by atoms with E-state index in [-0.39, 0.29) is 0 Å². The Morgan fingerprint density at radius 1 is 1.10 bits per heavy atom. The lowest BCUT2D eigenvalue weighted by Gasteiger charge is -2.20. The molecule has 0 aliphatic rings. The van der Waals surface area contributed by atoms with Gasteiger partial charge in [0.25, 0.3) is 0 Å². The van der Waals surface area contributed by atoms with Crippen molar-refractivity contribution in [1.29, 1.82) is 0 Å². The molecule has 0 saturated carbocycles. The zero-order valence-corrected chi connectivity index (χ0v) is 12.7. The minimum atomic E-state index is 0.290. The van der Waals surface area contributed by atoms with Crippen molar-refractivity contribution in [3.8, 4) is 0 Å². The van der Waals surface area contributed by atoms with E-state index in [1.165, 1.54) is 11.3 Å². The van der Waals surface area contributed by atoms with Crippen molar-refractivity contribution in [3.63, 3.8) is 0 Å². The lowest BCUT2D eigenvalue weighted by molar-refractivity contribution is 0.583. The van der Waals surface area contributed by atoms with Crippen LogP contribution in [0.25, 0.3) is 0 Å². The summed E-state index contributed by atoms with van der Waals surface area (Å²) in [5, 5.41) is 3.37. The van der Waals surface area contributed by atoms with Gasteiger partial charge in [0.1, 0.15) is 0 Å². The summed E-state index contributed by atoms with van der Waals surface area (Å²) in [6, 6.07) is 13.0. The van der Waals surface area contributed by atoms with Crippen LogP contribution in [-0.4, -0.2) is 18.6 Å². The average Bonchev–Trinajstić information content (AvgIpc) is 2.48. The molecular weight excluding hydrogens is 246 g/mol. The highest BCUT2D eigenvalue weighted by Gasteiger charge is 2.07. The van der Waals surface area contributed by atoms with Crippen LogP contribution in [0.2, 0.25) is 0 Å². The van der Waals surface area contributed by atoms with E-state index >= 15 is 0 Å². The smallest absolute Gasteiger partial charge is 0.0594 e. The van der Waals surface area contributed by atoms with Gasteiger partial charge < -0.3 is 10.2 Å². The summed E-state index contributed by atoms with van der Waals surface area (Å²) in [7, 11) is 2.06. The molecule has 1 aromatic carbocycles. The molecular formula is C17H23N3. The van der Waals surface area contributed by atoms with Crippen LogP contribution < -0.4 is 10.2 Å². The maximum Gasteiger partial charge on any atom is 0.0594 e. The van der Waals surface area contributed by atoms with Gasteiger partial charge >= 0.3 is 0 Å². The van der Waals surface area contributed by atoms with E-state index in [0.717, 1.165) is 17.9 Å². The van der Waals surface area contributed by atoms with E-state index in [1.807, 2.05) is 6.20 Å². The third-order valence-electron chi connectivity index (χ3n) is 3.53. The molecule has 0 amide bonds. The van der Waals surface area contributed by atoms with Crippen LogP contribution in [-0.2, 0) is 0 Å². The monoisotopic (exact) mass is 269 g/mol. The van der Waals surface area contributed by atoms with Gasteiger partial charge in [-0.15, -0.1) is 0 Å². The molecule has 106 valence electrons. The summed E-state index contributed by atoms with van der Waals surface area (Å²) in [4.78, 5) is 6.70. The predicted octanol–water partition coefficient (Wildman–Crippen LogP) is 3.83. The number of pyridine rings is 1. The molecule has 20 heavy (non-hydrogen) atoms. The van der Waals surface area contributed by atoms with Crippen molar-refractivity contribution in [3.05, 3.63) is 53.9 Å². The number of nitrogens with one attached hydrogen (secondary N) is 1. The van der Waals surface area contributed by atoms with Gasteiger partial charge in [-0.3, -0.25) is 4.98 Å². The number of rotatable bonds is 5. The summed E-state index contributed by atoms with van der Waals surface area (Å²) in [6.07, 6.45) is 1.93. The maximum atomic E-state index is 4.56. The largest absolute Gasteiger partial charge is 0.343 e. The SMILES string of the molecule is CCNC(C)c1ccc(N(C)c2ccc(C)cc2)cn1. The van der Waals surface area contributed by atoms with E-state index in [2.05, 4.69) is 79.4 Å². The van der Waals surface area contributed by atoms with Crippen LogP contribution in [0, 0.1) is 6.92 Å². The Kier molecular flexibility index (Phi) is 4.74. The summed E-state index contributed by atoms with van der Waals surface area (Å²) in [5.41, 5.74) is 4.62. The molecule has 3 heteroatoms. The van der Waals surface area contributed by atoms with Crippen molar-refractivity contribution in [1.82, 2.24) is 10.3 Å².